The molecule has 1 N–H and O–H groups in total. The Morgan fingerprint density at radius 3 is 2.37 bits per heavy atom. The number of carbonyl (C=O) groups excluding carboxylic acids is 1. The van der Waals surface area contributed by atoms with Crippen molar-refractivity contribution < 1.29 is 9.18 Å². The smallest absolute Gasteiger partial charge is 0.257 e. The van der Waals surface area contributed by atoms with Crippen molar-refractivity contribution >= 4 is 22.4 Å². The maximum absolute atomic E-state index is 12.8. The molecule has 1 amide bonds. The fourth-order valence-electron chi connectivity index (χ4n) is 1.35. The summed E-state index contributed by atoms with van der Waals surface area (Å²) >= 11 is 1.34. The summed E-state index contributed by atoms with van der Waals surface area (Å²) in [4.78, 5) is 11.9. The zero-order chi connectivity index (χ0) is 14.0. The molecular formula is C13H14FN3OS. The number of benzene rings is 1. The molecular weight excluding hydrogens is 265 g/mol. The predicted molar refractivity (Wildman–Crippen MR) is 73.0 cm³/mol. The van der Waals surface area contributed by atoms with Gasteiger partial charge in [0.15, 0.2) is 0 Å². The Hall–Kier alpha value is -1.82. The van der Waals surface area contributed by atoms with E-state index in [1.54, 1.807) is 0 Å². The fourth-order valence-corrected chi connectivity index (χ4v) is 2.14. The largest absolute Gasteiger partial charge is 0.296 e. The van der Waals surface area contributed by atoms with Gasteiger partial charge in [0.05, 0.1) is 0 Å². The Kier molecular flexibility index (Phi) is 3.61. The number of nitrogens with zero attached hydrogens (tertiary/aromatic N) is 2. The van der Waals surface area contributed by atoms with Gasteiger partial charge in [-0.1, -0.05) is 32.1 Å². The molecule has 0 aliphatic heterocycles. The van der Waals surface area contributed by atoms with E-state index >= 15 is 0 Å². The third-order valence-corrected chi connectivity index (χ3v) is 3.66. The summed E-state index contributed by atoms with van der Waals surface area (Å²) in [5.41, 5.74) is 0.283. The minimum atomic E-state index is -0.373. The number of halogens is 1. The molecule has 0 saturated carbocycles. The molecule has 100 valence electrons. The Bertz CT molecular complexity index is 587. The first-order chi connectivity index (χ1) is 8.86. The van der Waals surface area contributed by atoms with E-state index in [2.05, 4.69) is 15.5 Å². The number of hydrogen-bond acceptors (Lipinski definition) is 4. The van der Waals surface area contributed by atoms with Crippen LogP contribution in [-0.4, -0.2) is 16.1 Å². The van der Waals surface area contributed by atoms with Crippen LogP contribution in [0, 0.1) is 5.82 Å². The van der Waals surface area contributed by atoms with Gasteiger partial charge in [0.1, 0.15) is 10.8 Å². The molecule has 1 aromatic carbocycles. The first-order valence-corrected chi connectivity index (χ1v) is 6.59. The summed E-state index contributed by atoms with van der Waals surface area (Å²) in [7, 11) is 0. The Morgan fingerprint density at radius 2 is 1.84 bits per heavy atom. The number of amides is 1. The van der Waals surface area contributed by atoms with E-state index in [4.69, 9.17) is 0 Å². The van der Waals surface area contributed by atoms with E-state index in [1.165, 1.54) is 35.6 Å². The maximum Gasteiger partial charge on any atom is 0.257 e. The van der Waals surface area contributed by atoms with Crippen molar-refractivity contribution in [2.75, 3.05) is 5.32 Å². The van der Waals surface area contributed by atoms with Gasteiger partial charge < -0.3 is 0 Å². The van der Waals surface area contributed by atoms with Gasteiger partial charge >= 0.3 is 0 Å². The highest BCUT2D eigenvalue weighted by molar-refractivity contribution is 7.15. The van der Waals surface area contributed by atoms with Crippen LogP contribution in [0.2, 0.25) is 0 Å². The van der Waals surface area contributed by atoms with Gasteiger partial charge in [-0.05, 0) is 24.3 Å². The van der Waals surface area contributed by atoms with Crippen LogP contribution in [0.15, 0.2) is 24.3 Å². The van der Waals surface area contributed by atoms with E-state index in [1.807, 2.05) is 20.8 Å². The third kappa shape index (κ3) is 3.35. The van der Waals surface area contributed by atoms with Gasteiger partial charge in [0.2, 0.25) is 5.13 Å². The maximum atomic E-state index is 12.8. The molecule has 1 aromatic heterocycles. The molecule has 0 radical (unpaired) electrons. The van der Waals surface area contributed by atoms with Crippen LogP contribution in [0.4, 0.5) is 9.52 Å². The van der Waals surface area contributed by atoms with E-state index in [0.29, 0.717) is 10.7 Å². The van der Waals surface area contributed by atoms with Crippen LogP contribution in [0.5, 0.6) is 0 Å². The Morgan fingerprint density at radius 1 is 1.21 bits per heavy atom. The highest BCUT2D eigenvalue weighted by atomic mass is 32.1. The molecule has 0 spiro atoms. The first-order valence-electron chi connectivity index (χ1n) is 5.77. The molecule has 2 rings (SSSR count). The monoisotopic (exact) mass is 279 g/mol. The molecule has 4 nitrogen and oxygen atoms in total. The minimum absolute atomic E-state index is 0.101. The van der Waals surface area contributed by atoms with Gasteiger partial charge in [0, 0.05) is 11.0 Å². The van der Waals surface area contributed by atoms with E-state index < -0.39 is 0 Å². The molecule has 0 atom stereocenters. The van der Waals surface area contributed by atoms with Crippen molar-refractivity contribution in [2.45, 2.75) is 26.2 Å². The molecule has 0 aliphatic carbocycles. The Balaban J connectivity index is 2.11. The van der Waals surface area contributed by atoms with E-state index in [-0.39, 0.29) is 17.1 Å². The number of carbonyl (C=O) groups is 1. The molecule has 19 heavy (non-hydrogen) atoms. The van der Waals surface area contributed by atoms with Crippen LogP contribution >= 0.6 is 11.3 Å². The Labute approximate surface area is 114 Å². The van der Waals surface area contributed by atoms with Crippen LogP contribution in [-0.2, 0) is 5.41 Å². The van der Waals surface area contributed by atoms with Crippen LogP contribution in [0.25, 0.3) is 0 Å². The summed E-state index contributed by atoms with van der Waals surface area (Å²) in [6.45, 7) is 6.08. The molecule has 6 heteroatoms. The third-order valence-electron chi connectivity index (χ3n) is 2.39. The van der Waals surface area contributed by atoms with Crippen LogP contribution < -0.4 is 5.32 Å². The first kappa shape index (κ1) is 13.6. The minimum Gasteiger partial charge on any atom is -0.296 e. The summed E-state index contributed by atoms with van der Waals surface area (Å²) in [6.07, 6.45) is 0. The van der Waals surface area contributed by atoms with Gasteiger partial charge in [-0.15, -0.1) is 10.2 Å². The second kappa shape index (κ2) is 5.05. The lowest BCUT2D eigenvalue weighted by Gasteiger charge is -2.12. The average molecular weight is 279 g/mol. The predicted octanol–water partition coefficient (Wildman–Crippen LogP) is 3.23. The summed E-state index contributed by atoms with van der Waals surface area (Å²) in [6, 6.07) is 5.35. The summed E-state index contributed by atoms with van der Waals surface area (Å²) < 4.78 is 12.8. The molecule has 0 aliphatic rings. The zero-order valence-corrected chi connectivity index (χ0v) is 11.7. The molecule has 2 aromatic rings. The SMILES string of the molecule is CC(C)(C)c1nnc(NC(=O)c2ccc(F)cc2)s1. The highest BCUT2D eigenvalue weighted by Gasteiger charge is 2.20. The van der Waals surface area contributed by atoms with Gasteiger partial charge in [-0.2, -0.15) is 0 Å². The molecule has 1 heterocycles. The standard InChI is InChI=1S/C13H14FN3OS/c1-13(2,3)11-16-17-12(19-11)15-10(18)8-4-6-9(14)7-5-8/h4-7H,1-3H3,(H,15,17,18). The van der Waals surface area contributed by atoms with Crippen LogP contribution in [0.3, 0.4) is 0 Å². The number of hydrogen-bond donors (Lipinski definition) is 1. The fraction of sp³-hybridized carbons (Fsp3) is 0.308. The van der Waals surface area contributed by atoms with Crippen molar-refractivity contribution in [3.63, 3.8) is 0 Å². The number of nitrogens with one attached hydrogen (secondary N) is 1. The number of anilines is 1. The van der Waals surface area contributed by atoms with Crippen molar-refractivity contribution in [1.29, 1.82) is 0 Å². The topological polar surface area (TPSA) is 54.9 Å². The lowest BCUT2D eigenvalue weighted by molar-refractivity contribution is 0.102. The zero-order valence-electron chi connectivity index (χ0n) is 10.9. The van der Waals surface area contributed by atoms with Gasteiger partial charge in [-0.3, -0.25) is 10.1 Å². The van der Waals surface area contributed by atoms with Gasteiger partial charge in [0.25, 0.3) is 5.91 Å². The van der Waals surface area contributed by atoms with Crippen LogP contribution in [0.1, 0.15) is 36.1 Å². The van der Waals surface area contributed by atoms with Crippen molar-refractivity contribution in [2.24, 2.45) is 0 Å². The second-order valence-electron chi connectivity index (χ2n) is 5.12. The normalized spacial score (nSPS) is 11.4. The van der Waals surface area contributed by atoms with Gasteiger partial charge in [-0.25, -0.2) is 4.39 Å². The van der Waals surface area contributed by atoms with Crippen molar-refractivity contribution in [3.05, 3.63) is 40.7 Å². The van der Waals surface area contributed by atoms with Crippen molar-refractivity contribution in [1.82, 2.24) is 10.2 Å². The lowest BCUT2D eigenvalue weighted by Crippen LogP contribution is -2.11. The summed E-state index contributed by atoms with van der Waals surface area (Å²) in [5.74, 6) is -0.695. The van der Waals surface area contributed by atoms with E-state index in [9.17, 15) is 9.18 Å². The quantitative estimate of drug-likeness (QED) is 0.918. The molecule has 0 unspecified atom stereocenters. The van der Waals surface area contributed by atoms with Crippen molar-refractivity contribution in [3.8, 4) is 0 Å². The second-order valence-corrected chi connectivity index (χ2v) is 6.10. The van der Waals surface area contributed by atoms with E-state index in [0.717, 1.165) is 5.01 Å². The number of rotatable bonds is 2. The summed E-state index contributed by atoms with van der Waals surface area (Å²) in [5, 5.41) is 11.9. The lowest BCUT2D eigenvalue weighted by atomic mass is 9.98. The number of aromatic nitrogens is 2. The molecule has 0 bridgehead atoms. The average Bonchev–Trinajstić information content (AvgIpc) is 2.78. The molecule has 0 saturated heterocycles. The molecule has 0 fully saturated rings. The highest BCUT2D eigenvalue weighted by Crippen LogP contribution is 2.27.